The second-order valence-electron chi connectivity index (χ2n) is 17.0. The van der Waals surface area contributed by atoms with Crippen LogP contribution in [-0.4, -0.2) is 104 Å². The van der Waals surface area contributed by atoms with Crippen LogP contribution in [0.15, 0.2) is 66.3 Å². The second kappa shape index (κ2) is 22.8. The number of Topliss-reactive ketones (excluding diaryl/α,β-unsaturated/α-hetero) is 1. The molecule has 5 amide bonds. The molecule has 2 spiro atoms. The van der Waals surface area contributed by atoms with Gasteiger partial charge in [-0.2, -0.15) is 23.5 Å². The number of hydrogen-bond donors (Lipinski definition) is 8. The van der Waals surface area contributed by atoms with E-state index in [-0.39, 0.29) is 83.9 Å². The molecule has 5 aromatic heterocycles. The number of nitrogens with zero attached hydrogens (tertiary/aromatic N) is 6. The second-order valence-corrected chi connectivity index (χ2v) is 22.9. The van der Waals surface area contributed by atoms with Crippen LogP contribution in [0.3, 0.4) is 0 Å². The summed E-state index contributed by atoms with van der Waals surface area (Å²) in [5.41, 5.74) is 8.64. The Morgan fingerprint density at radius 3 is 1.58 bits per heavy atom. The number of primary amides is 1. The third kappa shape index (κ3) is 12.3. The van der Waals surface area contributed by atoms with E-state index in [1.807, 2.05) is 0 Å². The lowest BCUT2D eigenvalue weighted by Crippen LogP contribution is -2.57. The summed E-state index contributed by atoms with van der Waals surface area (Å²) in [6.07, 6.45) is 6.36. The highest BCUT2D eigenvalue weighted by Gasteiger charge is 2.51. The van der Waals surface area contributed by atoms with Gasteiger partial charge in [0.1, 0.15) is 70.0 Å². The number of fused-ring (bicyclic) bond motifs is 4. The minimum Gasteiger partial charge on any atom is -0.384 e. The Balaban J connectivity index is 0.000000135. The van der Waals surface area contributed by atoms with Gasteiger partial charge < -0.3 is 43.0 Å². The van der Waals surface area contributed by atoms with E-state index in [0.29, 0.717) is 61.6 Å². The topological polar surface area (TPSA) is 343 Å². The van der Waals surface area contributed by atoms with E-state index in [0.717, 1.165) is 37.2 Å². The molecule has 31 heteroatoms. The lowest BCUT2D eigenvalue weighted by atomic mass is 10.2. The molecule has 0 bridgehead atoms. The number of rotatable bonds is 7. The zero-order valence-electron chi connectivity index (χ0n) is 37.9. The van der Waals surface area contributed by atoms with Crippen LogP contribution in [0.5, 0.6) is 0 Å². The first-order valence-corrected chi connectivity index (χ1v) is 28.0. The lowest BCUT2D eigenvalue weighted by Gasteiger charge is -2.38. The number of nitrogens with one attached hydrogen (secondary N) is 6. The molecule has 23 nitrogen and oxygen atoms in total. The van der Waals surface area contributed by atoms with Gasteiger partial charge in [-0.05, 0) is 75.7 Å². The fourth-order valence-electron chi connectivity index (χ4n) is 7.18. The van der Waals surface area contributed by atoms with Crippen molar-refractivity contribution in [1.82, 2.24) is 44.7 Å². The number of carbonyl (C=O) groups excluding carboxylic acids is 6. The highest BCUT2D eigenvalue weighted by Crippen LogP contribution is 2.41. The molecule has 5 aromatic rings. The van der Waals surface area contributed by atoms with E-state index in [9.17, 15) is 43.2 Å². The Labute approximate surface area is 462 Å². The molecule has 2 aliphatic carbocycles. The Hall–Kier alpha value is -5.49. The van der Waals surface area contributed by atoms with Gasteiger partial charge in [0.05, 0.1) is 35.5 Å². The molecule has 10 N–H and O–H groups in total. The summed E-state index contributed by atoms with van der Waals surface area (Å²) >= 11 is 29.0. The Bertz CT molecular complexity index is 3330. The largest absolute Gasteiger partial charge is 0.384 e. The number of aromatic amines is 1. The van der Waals surface area contributed by atoms with Crippen LogP contribution in [0, 0.1) is 11.8 Å². The van der Waals surface area contributed by atoms with Crippen LogP contribution < -0.4 is 54.7 Å². The van der Waals surface area contributed by atoms with Crippen molar-refractivity contribution in [2.45, 2.75) is 37.0 Å². The highest BCUT2D eigenvalue weighted by atomic mass is 79.9. The van der Waals surface area contributed by atoms with Gasteiger partial charge in [0.15, 0.2) is 5.78 Å². The average Bonchev–Trinajstić information content (AvgIpc) is 4.26. The average molecular weight is 1260 g/mol. The van der Waals surface area contributed by atoms with E-state index < -0.39 is 22.8 Å². The van der Waals surface area contributed by atoms with Crippen molar-refractivity contribution in [1.29, 1.82) is 0 Å². The number of ketones is 1. The number of pyridine rings is 3. The molecule has 0 atom stereocenters. The van der Waals surface area contributed by atoms with Gasteiger partial charge in [0.2, 0.25) is 11.8 Å². The molecule has 5 fully saturated rings. The molecule has 12 rings (SSSR count). The van der Waals surface area contributed by atoms with E-state index in [1.54, 1.807) is 47.4 Å². The summed E-state index contributed by atoms with van der Waals surface area (Å²) in [6, 6.07) is 7.30. The van der Waals surface area contributed by atoms with Crippen molar-refractivity contribution < 1.29 is 28.8 Å². The van der Waals surface area contributed by atoms with Gasteiger partial charge in [-0.25, -0.2) is 19.9 Å². The minimum atomic E-state index is -0.760. The molecule has 2 saturated carbocycles. The maximum absolute atomic E-state index is 13.1. The zero-order chi connectivity index (χ0) is 53.2. The zero-order valence-corrected chi connectivity index (χ0v) is 45.8. The first-order chi connectivity index (χ1) is 35.2. The van der Waals surface area contributed by atoms with E-state index in [2.05, 4.69) is 83.4 Å². The van der Waals surface area contributed by atoms with Crippen molar-refractivity contribution in [3.8, 4) is 0 Å². The predicted molar refractivity (Wildman–Crippen MR) is 290 cm³/mol. The molecule has 0 radical (unpaired) electrons. The van der Waals surface area contributed by atoms with E-state index in [4.69, 9.17) is 46.3 Å². The van der Waals surface area contributed by atoms with E-state index >= 15 is 0 Å². The molecule has 0 unspecified atom stereocenters. The maximum atomic E-state index is 13.1. The number of H-pyrrole nitrogens is 1. The monoisotopic (exact) mass is 1250 g/mol. The van der Waals surface area contributed by atoms with Gasteiger partial charge in [-0.3, -0.25) is 52.3 Å². The third-order valence-corrected chi connectivity index (χ3v) is 17.2. The lowest BCUT2D eigenvalue weighted by molar-refractivity contribution is -0.118. The van der Waals surface area contributed by atoms with Gasteiger partial charge >= 0.3 is 0 Å². The van der Waals surface area contributed by atoms with E-state index in [1.165, 1.54) is 40.0 Å². The van der Waals surface area contributed by atoms with Gasteiger partial charge in [0, 0.05) is 47.0 Å². The fourth-order valence-corrected chi connectivity index (χ4v) is 11.3. The Morgan fingerprint density at radius 1 is 0.649 bits per heavy atom. The summed E-state index contributed by atoms with van der Waals surface area (Å²) in [5.74, 6) is 4.89. The van der Waals surface area contributed by atoms with Crippen LogP contribution >= 0.6 is 102 Å². The maximum Gasteiger partial charge on any atom is 0.276 e. The Morgan fingerprint density at radius 2 is 1.12 bits per heavy atom. The number of aromatic nitrogens is 7. The minimum absolute atomic E-state index is 0.0260. The van der Waals surface area contributed by atoms with Crippen LogP contribution in [-0.2, 0) is 25.7 Å². The van der Waals surface area contributed by atoms with Crippen LogP contribution in [0.1, 0.15) is 57.1 Å². The Kier molecular flexibility index (Phi) is 16.9. The summed E-state index contributed by atoms with van der Waals surface area (Å²) in [6.45, 7) is 0. The molecular formula is C43H39Br2Cl3N14O9S3. The highest BCUT2D eigenvalue weighted by molar-refractivity contribution is 9.10. The van der Waals surface area contributed by atoms with Gasteiger partial charge in [0.25, 0.3) is 34.4 Å². The third-order valence-electron chi connectivity index (χ3n) is 11.3. The smallest absolute Gasteiger partial charge is 0.276 e. The van der Waals surface area contributed by atoms with Crippen LogP contribution in [0.2, 0.25) is 15.1 Å². The first kappa shape index (κ1) is 54.8. The molecule has 0 aromatic carbocycles. The summed E-state index contributed by atoms with van der Waals surface area (Å²) < 4.78 is 3.57. The quantitative estimate of drug-likeness (QED) is 0.111. The summed E-state index contributed by atoms with van der Waals surface area (Å²) in [5, 5.41) is 14.7. The number of nitrogen functional groups attached to an aromatic ring is 1. The summed E-state index contributed by atoms with van der Waals surface area (Å²) in [7, 11) is 0. The molecular weight excluding hydrogens is 1220 g/mol. The molecule has 5 aliphatic heterocycles. The van der Waals surface area contributed by atoms with Gasteiger partial charge in [-0.15, -0.1) is 11.8 Å². The van der Waals surface area contributed by atoms with Crippen LogP contribution in [0.4, 0.5) is 29.0 Å². The van der Waals surface area contributed by atoms with Crippen molar-refractivity contribution >= 4 is 166 Å². The number of hydrogen-bond acceptors (Lipinski definition) is 18. The fraction of sp³-hybridized carbons (Fsp3) is 0.326. The SMILES string of the molecule is NC(=O)c1[nH]c(=O)c(Br)cc1Cl.Nc1cc(NC(=O)C2CC2)ncn1.O=C1CSC1.O=C1NC2(CSC2)n2c1c(Cl)cc(Br)c2=O.O=C1NC2(CSC2)n2c1c(Cl)cc(Nc1cc(NC(=O)C3CC3)ncn1)c2=O. The van der Waals surface area contributed by atoms with Crippen molar-refractivity contribution in [3.63, 3.8) is 0 Å². The van der Waals surface area contributed by atoms with Gasteiger partial charge in [-0.1, -0.05) is 34.8 Å². The van der Waals surface area contributed by atoms with Crippen molar-refractivity contribution in [3.05, 3.63) is 115 Å². The van der Waals surface area contributed by atoms with Crippen LogP contribution in [0.25, 0.3) is 0 Å². The van der Waals surface area contributed by atoms with Crippen molar-refractivity contribution in [2.75, 3.05) is 56.2 Å². The number of carbonyl (C=O) groups is 6. The molecule has 388 valence electrons. The number of amides is 5. The molecule has 3 saturated heterocycles. The molecule has 10 heterocycles. The standard InChI is InChI=1S/C17H15ClN6O3S.C9H6BrClN2O2S.C8H10N4O.C6H4BrClN2O2.C3H4OS/c18-9-3-10(16(27)24-13(9)15(26)23-17(24)5-28-6-17)21-11-4-12(20-7-19-11)22-14(25)8-1-2-8;10-4-1-5(11)6-7(14)12-9(2-16-3-9)13(6)8(4)15;9-6-3-7(11-4-10-6)12-8(13)5-1-2-5;7-2-1-3(8)4(5(9)11)10-6(2)12;4-3-1-5-2-3/h3-4,7-8H,1-2,5-6H2,(H,23,26)(H2,19,20,21,22,25);1H,2-3H2,(H,12,14);3-5H,1-2H2,(H3,9,10,11,12,13);1H,(H2,9,11)(H,10,12);1-2H2. The van der Waals surface area contributed by atoms with Crippen molar-refractivity contribution in [2.24, 2.45) is 17.6 Å². The number of nitrogens with two attached hydrogens (primary N) is 2. The normalized spacial score (nSPS) is 17.4. The first-order valence-electron chi connectivity index (χ1n) is 21.8. The molecule has 74 heavy (non-hydrogen) atoms. The number of anilines is 5. The summed E-state index contributed by atoms with van der Waals surface area (Å²) in [4.78, 5) is 122. The molecule has 7 aliphatic rings. The predicted octanol–water partition coefficient (Wildman–Crippen LogP) is 4.53. The number of halogens is 5. The number of thioether (sulfide) groups is 3.